The fourth-order valence-corrected chi connectivity index (χ4v) is 3.40. The van der Waals surface area contributed by atoms with Crippen molar-refractivity contribution < 1.29 is 14.3 Å². The van der Waals surface area contributed by atoms with E-state index in [1.807, 2.05) is 31.2 Å². The molecule has 0 aliphatic carbocycles. The maximum Gasteiger partial charge on any atom is 0.348 e. The monoisotopic (exact) mass is 369 g/mol. The molecule has 0 radical (unpaired) electrons. The molecule has 2 amide bonds. The Balaban J connectivity index is 1.65. The summed E-state index contributed by atoms with van der Waals surface area (Å²) < 4.78 is 5.98. The third kappa shape index (κ3) is 4.18. The normalized spacial score (nSPS) is 10.5. The molecule has 6 nitrogen and oxygen atoms in total. The summed E-state index contributed by atoms with van der Waals surface area (Å²) in [6, 6.07) is 10.8. The summed E-state index contributed by atoms with van der Waals surface area (Å²) in [7, 11) is 0. The van der Waals surface area contributed by atoms with Crippen LogP contribution in [0.5, 0.6) is 0 Å². The van der Waals surface area contributed by atoms with Gasteiger partial charge in [0.2, 0.25) is 0 Å². The number of hydrogen-bond donors (Lipinski definition) is 2. The number of hydrogen-bond acceptors (Lipinski definition) is 5. The van der Waals surface area contributed by atoms with Gasteiger partial charge in [-0.3, -0.25) is 4.98 Å². The Morgan fingerprint density at radius 3 is 2.85 bits per heavy atom. The zero-order valence-corrected chi connectivity index (χ0v) is 15.4. The van der Waals surface area contributed by atoms with Gasteiger partial charge in [0.25, 0.3) is 0 Å². The van der Waals surface area contributed by atoms with Crippen LogP contribution in [0.25, 0.3) is 10.1 Å². The van der Waals surface area contributed by atoms with E-state index in [9.17, 15) is 9.59 Å². The second-order valence-electron chi connectivity index (χ2n) is 5.66. The highest BCUT2D eigenvalue weighted by molar-refractivity contribution is 7.20. The molecule has 2 heterocycles. The predicted molar refractivity (Wildman–Crippen MR) is 103 cm³/mol. The van der Waals surface area contributed by atoms with E-state index in [1.165, 1.54) is 11.3 Å². The van der Waals surface area contributed by atoms with Crippen molar-refractivity contribution in [3.8, 4) is 0 Å². The van der Waals surface area contributed by atoms with Crippen LogP contribution < -0.4 is 10.6 Å². The number of carbonyl (C=O) groups excluding carboxylic acids is 2. The number of ether oxygens (including phenoxy) is 1. The lowest BCUT2D eigenvalue weighted by atomic mass is 10.2. The van der Waals surface area contributed by atoms with Gasteiger partial charge in [-0.1, -0.05) is 6.07 Å². The van der Waals surface area contributed by atoms with Gasteiger partial charge in [-0.25, -0.2) is 9.59 Å². The molecule has 0 bridgehead atoms. The molecule has 0 aliphatic heterocycles. The van der Waals surface area contributed by atoms with E-state index in [0.29, 0.717) is 23.7 Å². The van der Waals surface area contributed by atoms with Gasteiger partial charge in [-0.2, -0.15) is 0 Å². The van der Waals surface area contributed by atoms with Gasteiger partial charge in [0, 0.05) is 16.6 Å². The van der Waals surface area contributed by atoms with Crippen LogP contribution in [-0.4, -0.2) is 23.6 Å². The Morgan fingerprint density at radius 1 is 1.23 bits per heavy atom. The average Bonchev–Trinajstić information content (AvgIpc) is 3.05. The standard InChI is InChI=1S/C19H19N3O3S/c1-3-25-18(23)17-10-13-9-14(6-7-16(13)26-17)22-19(24)21-11-15-12(2)5-4-8-20-15/h4-10H,3,11H2,1-2H3,(H2,21,22,24). The number of nitrogens with one attached hydrogen (secondary N) is 2. The van der Waals surface area contributed by atoms with Crippen LogP contribution in [0.1, 0.15) is 27.9 Å². The summed E-state index contributed by atoms with van der Waals surface area (Å²) in [5.41, 5.74) is 2.51. The SMILES string of the molecule is CCOC(=O)c1cc2cc(NC(=O)NCc3ncccc3C)ccc2s1. The minimum Gasteiger partial charge on any atom is -0.462 e. The average molecular weight is 369 g/mol. The molecule has 2 aromatic heterocycles. The molecule has 0 spiro atoms. The highest BCUT2D eigenvalue weighted by Gasteiger charge is 2.12. The number of nitrogens with zero attached hydrogens (tertiary/aromatic N) is 1. The number of carbonyl (C=O) groups is 2. The van der Waals surface area contributed by atoms with Gasteiger partial charge in [0.1, 0.15) is 4.88 Å². The topological polar surface area (TPSA) is 80.3 Å². The smallest absolute Gasteiger partial charge is 0.348 e. The van der Waals surface area contributed by atoms with Crippen LogP contribution in [0.15, 0.2) is 42.6 Å². The zero-order chi connectivity index (χ0) is 18.5. The summed E-state index contributed by atoms with van der Waals surface area (Å²) in [5, 5.41) is 6.48. The minimum absolute atomic E-state index is 0.310. The van der Waals surface area contributed by atoms with Crippen molar-refractivity contribution in [3.63, 3.8) is 0 Å². The number of pyridine rings is 1. The van der Waals surface area contributed by atoms with Crippen molar-refractivity contribution in [2.45, 2.75) is 20.4 Å². The first-order valence-corrected chi connectivity index (χ1v) is 9.04. The first-order valence-electron chi connectivity index (χ1n) is 8.23. The molecule has 0 saturated heterocycles. The molecule has 134 valence electrons. The highest BCUT2D eigenvalue weighted by Crippen LogP contribution is 2.28. The summed E-state index contributed by atoms with van der Waals surface area (Å²) in [4.78, 5) is 28.7. The number of aromatic nitrogens is 1. The molecule has 2 N–H and O–H groups in total. The predicted octanol–water partition coefficient (Wildman–Crippen LogP) is 4.10. The maximum atomic E-state index is 12.1. The van der Waals surface area contributed by atoms with Crippen molar-refractivity contribution in [3.05, 3.63) is 58.7 Å². The number of benzene rings is 1. The fraction of sp³-hybridized carbons (Fsp3) is 0.211. The number of anilines is 1. The number of urea groups is 1. The summed E-state index contributed by atoms with van der Waals surface area (Å²) in [6.07, 6.45) is 1.70. The van der Waals surface area contributed by atoms with Crippen LogP contribution in [0, 0.1) is 6.92 Å². The van der Waals surface area contributed by atoms with Gasteiger partial charge >= 0.3 is 12.0 Å². The fourth-order valence-electron chi connectivity index (χ4n) is 2.47. The summed E-state index contributed by atoms with van der Waals surface area (Å²) in [6.45, 7) is 4.42. The molecule has 0 saturated carbocycles. The molecule has 7 heteroatoms. The number of fused-ring (bicyclic) bond motifs is 1. The largest absolute Gasteiger partial charge is 0.462 e. The van der Waals surface area contributed by atoms with Gasteiger partial charge in [-0.15, -0.1) is 11.3 Å². The van der Waals surface area contributed by atoms with Gasteiger partial charge in [-0.05, 0) is 55.1 Å². The van der Waals surface area contributed by atoms with Crippen LogP contribution in [0.2, 0.25) is 0 Å². The zero-order valence-electron chi connectivity index (χ0n) is 14.5. The molecule has 26 heavy (non-hydrogen) atoms. The number of esters is 1. The van der Waals surface area contributed by atoms with Crippen molar-refractivity contribution in [1.29, 1.82) is 0 Å². The van der Waals surface area contributed by atoms with E-state index in [2.05, 4.69) is 15.6 Å². The Kier molecular flexibility index (Phi) is 5.48. The molecular weight excluding hydrogens is 350 g/mol. The van der Waals surface area contributed by atoms with E-state index in [1.54, 1.807) is 25.3 Å². The quantitative estimate of drug-likeness (QED) is 0.664. The van der Waals surface area contributed by atoms with E-state index in [-0.39, 0.29) is 12.0 Å². The Morgan fingerprint density at radius 2 is 2.08 bits per heavy atom. The van der Waals surface area contributed by atoms with E-state index >= 15 is 0 Å². The van der Waals surface area contributed by atoms with Gasteiger partial charge in [0.05, 0.1) is 18.8 Å². The van der Waals surface area contributed by atoms with Crippen LogP contribution in [0.4, 0.5) is 10.5 Å². The molecular formula is C19H19N3O3S. The van der Waals surface area contributed by atoms with Crippen molar-refractivity contribution >= 4 is 39.1 Å². The Labute approximate surface area is 155 Å². The third-order valence-electron chi connectivity index (χ3n) is 3.79. The van der Waals surface area contributed by atoms with Crippen molar-refractivity contribution in [2.75, 3.05) is 11.9 Å². The van der Waals surface area contributed by atoms with Gasteiger partial charge in [0.15, 0.2) is 0 Å². The van der Waals surface area contributed by atoms with Crippen molar-refractivity contribution in [1.82, 2.24) is 10.3 Å². The van der Waals surface area contributed by atoms with Crippen LogP contribution in [0.3, 0.4) is 0 Å². The van der Waals surface area contributed by atoms with E-state index < -0.39 is 0 Å². The molecule has 0 fully saturated rings. The first-order chi connectivity index (χ1) is 12.6. The second kappa shape index (κ2) is 7.97. The number of aryl methyl sites for hydroxylation is 1. The Hall–Kier alpha value is -2.93. The second-order valence-corrected chi connectivity index (χ2v) is 6.74. The minimum atomic E-state index is -0.327. The molecule has 1 aromatic carbocycles. The number of amides is 2. The van der Waals surface area contributed by atoms with Crippen LogP contribution in [-0.2, 0) is 11.3 Å². The number of rotatable bonds is 5. The Bertz CT molecular complexity index is 952. The molecule has 3 aromatic rings. The third-order valence-corrected chi connectivity index (χ3v) is 4.88. The molecule has 0 aliphatic rings. The highest BCUT2D eigenvalue weighted by atomic mass is 32.1. The number of thiophene rings is 1. The van der Waals surface area contributed by atoms with Gasteiger partial charge < -0.3 is 15.4 Å². The molecule has 3 rings (SSSR count). The van der Waals surface area contributed by atoms with Crippen molar-refractivity contribution in [2.24, 2.45) is 0 Å². The molecule has 0 unspecified atom stereocenters. The van der Waals surface area contributed by atoms with E-state index in [4.69, 9.17) is 4.74 Å². The lowest BCUT2D eigenvalue weighted by Gasteiger charge is -2.08. The first kappa shape index (κ1) is 17.9. The molecule has 0 atom stereocenters. The maximum absolute atomic E-state index is 12.1. The van der Waals surface area contributed by atoms with Crippen LogP contribution >= 0.6 is 11.3 Å². The summed E-state index contributed by atoms with van der Waals surface area (Å²) in [5.74, 6) is -0.327. The van der Waals surface area contributed by atoms with E-state index in [0.717, 1.165) is 21.3 Å². The lowest BCUT2D eigenvalue weighted by Crippen LogP contribution is -2.28. The lowest BCUT2D eigenvalue weighted by molar-refractivity contribution is 0.0532. The summed E-state index contributed by atoms with van der Waals surface area (Å²) >= 11 is 1.37.